The van der Waals surface area contributed by atoms with Gasteiger partial charge in [0.25, 0.3) is 0 Å². The third-order valence-corrected chi connectivity index (χ3v) is 4.72. The van der Waals surface area contributed by atoms with Crippen LogP contribution in [0, 0.1) is 0 Å². The number of benzene rings is 1. The first-order chi connectivity index (χ1) is 7.57. The highest BCUT2D eigenvalue weighted by molar-refractivity contribution is 7.98. The third kappa shape index (κ3) is 4.45. The molecule has 1 rings (SSSR count). The van der Waals surface area contributed by atoms with E-state index in [0.717, 1.165) is 5.69 Å². The Morgan fingerprint density at radius 3 is 2.38 bits per heavy atom. The fourth-order valence-corrected chi connectivity index (χ4v) is 2.31. The Kier molecular flexibility index (Phi) is 5.15. The first kappa shape index (κ1) is 13.4. The molecule has 0 radical (unpaired) electrons. The van der Waals surface area contributed by atoms with Gasteiger partial charge in [-0.05, 0) is 30.5 Å². The molecular weight excluding hydrogens is 242 g/mol. The van der Waals surface area contributed by atoms with Crippen LogP contribution in [0.25, 0.3) is 0 Å². The topological polar surface area (TPSA) is 46.2 Å². The molecule has 0 aliphatic carbocycles. The molecule has 0 aromatic heterocycles. The average Bonchev–Trinajstić information content (AvgIpc) is 2.30. The molecule has 0 saturated heterocycles. The van der Waals surface area contributed by atoms with Crippen LogP contribution in [-0.4, -0.2) is 32.7 Å². The molecule has 0 saturated carbocycles. The summed E-state index contributed by atoms with van der Waals surface area (Å²) in [6.45, 7) is 2.14. The second kappa shape index (κ2) is 6.15. The second-order valence-corrected chi connectivity index (χ2v) is 6.74. The van der Waals surface area contributed by atoms with Gasteiger partial charge in [-0.25, -0.2) is 8.42 Å². The smallest absolute Gasteiger partial charge is 0.151 e. The normalized spacial score (nSPS) is 11.4. The number of sulfone groups is 1. The predicted octanol–water partition coefficient (Wildman–Crippen LogP) is 2.26. The van der Waals surface area contributed by atoms with E-state index in [-0.39, 0.29) is 11.5 Å². The number of thioether (sulfide) groups is 1. The number of nitrogens with one attached hydrogen (secondary N) is 1. The minimum atomic E-state index is -2.87. The summed E-state index contributed by atoms with van der Waals surface area (Å²) in [5.41, 5.74) is 0.962. The van der Waals surface area contributed by atoms with E-state index in [1.165, 1.54) is 4.90 Å². The van der Waals surface area contributed by atoms with Crippen molar-refractivity contribution in [2.24, 2.45) is 0 Å². The summed E-state index contributed by atoms with van der Waals surface area (Å²) in [6, 6.07) is 7.96. The van der Waals surface area contributed by atoms with Crippen molar-refractivity contribution in [1.29, 1.82) is 0 Å². The minimum absolute atomic E-state index is 0.188. The van der Waals surface area contributed by atoms with Gasteiger partial charge in [0.15, 0.2) is 9.84 Å². The van der Waals surface area contributed by atoms with Gasteiger partial charge in [-0.15, -0.1) is 11.8 Å². The van der Waals surface area contributed by atoms with Gasteiger partial charge < -0.3 is 5.32 Å². The van der Waals surface area contributed by atoms with Crippen LogP contribution in [0.1, 0.15) is 6.92 Å². The van der Waals surface area contributed by atoms with Crippen LogP contribution in [0.5, 0.6) is 0 Å². The molecule has 1 N–H and O–H groups in total. The van der Waals surface area contributed by atoms with Crippen molar-refractivity contribution < 1.29 is 8.42 Å². The molecule has 0 fully saturated rings. The molecule has 3 nitrogen and oxygen atoms in total. The van der Waals surface area contributed by atoms with Gasteiger partial charge in [0, 0.05) is 22.9 Å². The standard InChI is InChI=1S/C11H17NO2S2/c1-3-16(13,14)9-8-12-10-4-6-11(15-2)7-5-10/h4-7,12H,3,8-9H2,1-2H3. The highest BCUT2D eigenvalue weighted by Gasteiger charge is 2.05. The van der Waals surface area contributed by atoms with Crippen LogP contribution in [0.15, 0.2) is 29.2 Å². The van der Waals surface area contributed by atoms with Crippen molar-refractivity contribution in [3.63, 3.8) is 0 Å². The molecule has 0 aliphatic rings. The van der Waals surface area contributed by atoms with E-state index in [0.29, 0.717) is 6.54 Å². The fraction of sp³-hybridized carbons (Fsp3) is 0.455. The number of anilines is 1. The highest BCUT2D eigenvalue weighted by atomic mass is 32.2. The summed E-state index contributed by atoms with van der Waals surface area (Å²) < 4.78 is 22.5. The van der Waals surface area contributed by atoms with Gasteiger partial charge >= 0.3 is 0 Å². The first-order valence-corrected chi connectivity index (χ1v) is 8.20. The van der Waals surface area contributed by atoms with E-state index in [4.69, 9.17) is 0 Å². The van der Waals surface area contributed by atoms with Crippen molar-refractivity contribution >= 4 is 27.3 Å². The SMILES string of the molecule is CCS(=O)(=O)CCNc1ccc(SC)cc1. The zero-order valence-electron chi connectivity index (χ0n) is 9.56. The Morgan fingerprint density at radius 1 is 1.25 bits per heavy atom. The van der Waals surface area contributed by atoms with Crippen LogP contribution in [0.2, 0.25) is 0 Å². The van der Waals surface area contributed by atoms with E-state index in [1.54, 1.807) is 18.7 Å². The summed E-state index contributed by atoms with van der Waals surface area (Å²) >= 11 is 1.69. The monoisotopic (exact) mass is 259 g/mol. The maximum Gasteiger partial charge on any atom is 0.151 e. The van der Waals surface area contributed by atoms with Gasteiger partial charge in [-0.3, -0.25) is 0 Å². The third-order valence-electron chi connectivity index (χ3n) is 2.27. The summed E-state index contributed by atoms with van der Waals surface area (Å²) in [5, 5.41) is 3.10. The van der Waals surface area contributed by atoms with Crippen molar-refractivity contribution in [2.75, 3.05) is 29.6 Å². The summed E-state index contributed by atoms with van der Waals surface area (Å²) in [6.07, 6.45) is 2.02. The molecule has 0 atom stereocenters. The van der Waals surface area contributed by atoms with E-state index >= 15 is 0 Å². The van der Waals surface area contributed by atoms with Crippen molar-refractivity contribution in [2.45, 2.75) is 11.8 Å². The zero-order valence-corrected chi connectivity index (χ0v) is 11.2. The van der Waals surface area contributed by atoms with Gasteiger partial charge in [0.2, 0.25) is 0 Å². The number of hydrogen-bond acceptors (Lipinski definition) is 4. The Morgan fingerprint density at radius 2 is 1.88 bits per heavy atom. The van der Waals surface area contributed by atoms with Crippen LogP contribution in [0.4, 0.5) is 5.69 Å². The van der Waals surface area contributed by atoms with Crippen LogP contribution in [0.3, 0.4) is 0 Å². The van der Waals surface area contributed by atoms with Gasteiger partial charge in [0.1, 0.15) is 0 Å². The van der Waals surface area contributed by atoms with E-state index in [2.05, 4.69) is 5.32 Å². The van der Waals surface area contributed by atoms with Gasteiger partial charge in [-0.2, -0.15) is 0 Å². The molecule has 0 bridgehead atoms. The largest absolute Gasteiger partial charge is 0.384 e. The van der Waals surface area contributed by atoms with E-state index in [1.807, 2.05) is 30.5 Å². The summed E-state index contributed by atoms with van der Waals surface area (Å²) in [5.74, 6) is 0.397. The Bertz CT molecular complexity index is 412. The molecule has 1 aromatic rings. The van der Waals surface area contributed by atoms with Crippen LogP contribution < -0.4 is 5.32 Å². The molecule has 90 valence electrons. The maximum absolute atomic E-state index is 11.2. The number of rotatable bonds is 6. The Labute approximate surface area is 102 Å². The molecule has 0 heterocycles. The van der Waals surface area contributed by atoms with Crippen LogP contribution in [-0.2, 0) is 9.84 Å². The van der Waals surface area contributed by atoms with Gasteiger partial charge in [0.05, 0.1) is 5.75 Å². The predicted molar refractivity (Wildman–Crippen MR) is 71.0 cm³/mol. The molecule has 5 heteroatoms. The minimum Gasteiger partial charge on any atom is -0.384 e. The molecular formula is C11H17NO2S2. The van der Waals surface area contributed by atoms with Crippen molar-refractivity contribution in [1.82, 2.24) is 0 Å². The van der Waals surface area contributed by atoms with Gasteiger partial charge in [-0.1, -0.05) is 6.92 Å². The average molecular weight is 259 g/mol. The zero-order chi connectivity index (χ0) is 12.0. The lowest BCUT2D eigenvalue weighted by atomic mass is 10.3. The summed E-state index contributed by atoms with van der Waals surface area (Å²) in [4.78, 5) is 1.20. The van der Waals surface area contributed by atoms with E-state index < -0.39 is 9.84 Å². The molecule has 0 unspecified atom stereocenters. The molecule has 0 spiro atoms. The maximum atomic E-state index is 11.2. The summed E-state index contributed by atoms with van der Waals surface area (Å²) in [7, 11) is -2.87. The lowest BCUT2D eigenvalue weighted by Crippen LogP contribution is -2.17. The van der Waals surface area contributed by atoms with E-state index in [9.17, 15) is 8.42 Å². The second-order valence-electron chi connectivity index (χ2n) is 3.39. The Balaban J connectivity index is 2.43. The Hall–Kier alpha value is -0.680. The lowest BCUT2D eigenvalue weighted by Gasteiger charge is -2.06. The highest BCUT2D eigenvalue weighted by Crippen LogP contribution is 2.17. The molecule has 1 aromatic carbocycles. The fourth-order valence-electron chi connectivity index (χ4n) is 1.20. The quantitative estimate of drug-likeness (QED) is 0.796. The molecule has 0 amide bonds. The van der Waals surface area contributed by atoms with Crippen molar-refractivity contribution in [3.05, 3.63) is 24.3 Å². The van der Waals surface area contributed by atoms with Crippen LogP contribution >= 0.6 is 11.8 Å². The lowest BCUT2D eigenvalue weighted by molar-refractivity contribution is 0.597. The number of hydrogen-bond donors (Lipinski definition) is 1. The van der Waals surface area contributed by atoms with Crippen molar-refractivity contribution in [3.8, 4) is 0 Å². The first-order valence-electron chi connectivity index (χ1n) is 5.16. The molecule has 0 aliphatic heterocycles. The molecule has 16 heavy (non-hydrogen) atoms.